The van der Waals surface area contributed by atoms with Gasteiger partial charge in [-0.05, 0) is 17.0 Å². The van der Waals surface area contributed by atoms with Crippen LogP contribution >= 0.6 is 0 Å². The molecule has 1 aromatic carbocycles. The normalized spacial score (nSPS) is 24.1. The van der Waals surface area contributed by atoms with Crippen molar-refractivity contribution in [3.05, 3.63) is 54.4 Å². The van der Waals surface area contributed by atoms with E-state index in [0.29, 0.717) is 24.3 Å². The molecule has 2 aliphatic rings. The van der Waals surface area contributed by atoms with Gasteiger partial charge in [0.05, 0.1) is 23.5 Å². The summed E-state index contributed by atoms with van der Waals surface area (Å²) in [5, 5.41) is 2.86. The van der Waals surface area contributed by atoms with E-state index in [1.807, 2.05) is 18.2 Å². The van der Waals surface area contributed by atoms with Crippen LogP contribution in [0.1, 0.15) is 31.7 Å². The van der Waals surface area contributed by atoms with Crippen LogP contribution in [0.4, 0.5) is 11.4 Å². The Kier molecular flexibility index (Phi) is 3.60. The number of carbonyl (C=O) groups is 2. The Balaban J connectivity index is 1.66. The lowest BCUT2D eigenvalue weighted by molar-refractivity contribution is -0.120. The summed E-state index contributed by atoms with van der Waals surface area (Å²) >= 11 is 0. The van der Waals surface area contributed by atoms with Gasteiger partial charge in [-0.1, -0.05) is 44.2 Å². The number of anilines is 2. The summed E-state index contributed by atoms with van der Waals surface area (Å²) in [7, 11) is 0. The molecular formula is C20H21N3O2. The van der Waals surface area contributed by atoms with Gasteiger partial charge >= 0.3 is 0 Å². The second-order valence-corrected chi connectivity index (χ2v) is 7.37. The van der Waals surface area contributed by atoms with E-state index in [0.717, 1.165) is 0 Å². The monoisotopic (exact) mass is 335 g/mol. The molecule has 0 radical (unpaired) electrons. The molecule has 1 N–H and O–H groups in total. The number of carbonyl (C=O) groups excluding carboxylic acids is 2. The number of pyridine rings is 1. The van der Waals surface area contributed by atoms with E-state index in [-0.39, 0.29) is 29.1 Å². The van der Waals surface area contributed by atoms with E-state index >= 15 is 0 Å². The van der Waals surface area contributed by atoms with Crippen LogP contribution in [-0.2, 0) is 9.59 Å². The number of nitrogens with one attached hydrogen (secondary N) is 1. The van der Waals surface area contributed by atoms with Crippen molar-refractivity contribution in [1.82, 2.24) is 4.98 Å². The maximum atomic E-state index is 13.3. The maximum Gasteiger partial charge on any atom is 0.231 e. The van der Waals surface area contributed by atoms with E-state index in [1.54, 1.807) is 23.4 Å². The topological polar surface area (TPSA) is 62.3 Å². The summed E-state index contributed by atoms with van der Waals surface area (Å²) in [5.41, 5.74) is 2.44. The van der Waals surface area contributed by atoms with E-state index in [1.165, 1.54) is 5.56 Å². The van der Waals surface area contributed by atoms with Crippen molar-refractivity contribution in [2.45, 2.75) is 26.2 Å². The van der Waals surface area contributed by atoms with Crippen LogP contribution in [0.2, 0.25) is 0 Å². The fourth-order valence-corrected chi connectivity index (χ4v) is 4.03. The molecule has 0 unspecified atom stereocenters. The van der Waals surface area contributed by atoms with E-state index in [2.05, 4.69) is 36.3 Å². The molecule has 1 aromatic heterocycles. The maximum absolute atomic E-state index is 13.3. The van der Waals surface area contributed by atoms with Gasteiger partial charge < -0.3 is 10.2 Å². The number of aromatic nitrogens is 1. The number of benzene rings is 1. The summed E-state index contributed by atoms with van der Waals surface area (Å²) in [4.78, 5) is 31.2. The van der Waals surface area contributed by atoms with E-state index in [4.69, 9.17) is 0 Å². The predicted octanol–water partition coefficient (Wildman–Crippen LogP) is 3.20. The lowest BCUT2D eigenvalue weighted by Gasteiger charge is -2.22. The Hall–Kier alpha value is -2.69. The highest BCUT2D eigenvalue weighted by molar-refractivity contribution is 6.05. The first-order valence-electron chi connectivity index (χ1n) is 8.60. The lowest BCUT2D eigenvalue weighted by atomic mass is 10.0. The van der Waals surface area contributed by atoms with Crippen LogP contribution in [0, 0.1) is 11.3 Å². The lowest BCUT2D eigenvalue weighted by Crippen LogP contribution is -2.34. The first-order chi connectivity index (χ1) is 12.0. The quantitative estimate of drug-likeness (QED) is 0.917. The largest absolute Gasteiger partial charge is 0.324 e. The Morgan fingerprint density at radius 3 is 2.76 bits per heavy atom. The van der Waals surface area contributed by atoms with E-state index < -0.39 is 0 Å². The Labute approximate surface area is 147 Å². The van der Waals surface area contributed by atoms with Crippen LogP contribution in [0.3, 0.4) is 0 Å². The molecule has 1 fully saturated rings. The van der Waals surface area contributed by atoms with Crippen molar-refractivity contribution in [2.24, 2.45) is 11.3 Å². The van der Waals surface area contributed by atoms with Crippen molar-refractivity contribution >= 4 is 23.2 Å². The van der Waals surface area contributed by atoms with Crippen molar-refractivity contribution in [1.29, 1.82) is 0 Å². The number of hydrogen-bond donors (Lipinski definition) is 1. The first-order valence-corrected chi connectivity index (χ1v) is 8.60. The Bertz CT molecular complexity index is 832. The fraction of sp³-hybridized carbons (Fsp3) is 0.350. The molecule has 5 nitrogen and oxygen atoms in total. The third-order valence-electron chi connectivity index (χ3n) is 5.45. The molecule has 0 spiro atoms. The minimum absolute atomic E-state index is 0.0718. The van der Waals surface area contributed by atoms with Gasteiger partial charge in [-0.25, -0.2) is 0 Å². The molecule has 0 bridgehead atoms. The number of rotatable bonds is 2. The smallest absolute Gasteiger partial charge is 0.231 e. The summed E-state index contributed by atoms with van der Waals surface area (Å²) in [6.07, 6.45) is 3.58. The molecule has 25 heavy (non-hydrogen) atoms. The average Bonchev–Trinajstić information content (AvgIpc) is 3.23. The van der Waals surface area contributed by atoms with Crippen molar-refractivity contribution in [3.63, 3.8) is 0 Å². The van der Waals surface area contributed by atoms with Crippen LogP contribution in [0.25, 0.3) is 0 Å². The van der Waals surface area contributed by atoms with Gasteiger partial charge in [-0.3, -0.25) is 14.6 Å². The standard InChI is InChI=1S/C20H21N3O2/c1-20(2)17(13-6-4-3-5-7-13)18(20)19(25)23-11-9-16(24)22-14-8-10-21-12-15(14)23/h3-8,10,12,17-18H,9,11H2,1-2H3,(H,22,24)/t17-,18+/m1/s1. The average molecular weight is 335 g/mol. The van der Waals surface area contributed by atoms with Crippen molar-refractivity contribution < 1.29 is 9.59 Å². The minimum Gasteiger partial charge on any atom is -0.324 e. The van der Waals surface area contributed by atoms with Gasteiger partial charge in [0.2, 0.25) is 11.8 Å². The molecule has 2 amide bonds. The number of hydrogen-bond acceptors (Lipinski definition) is 3. The molecule has 1 aliphatic carbocycles. The molecule has 0 saturated heterocycles. The fourth-order valence-electron chi connectivity index (χ4n) is 4.03. The molecule has 2 heterocycles. The van der Waals surface area contributed by atoms with Crippen LogP contribution in [-0.4, -0.2) is 23.3 Å². The second kappa shape index (κ2) is 5.69. The molecule has 4 rings (SSSR count). The zero-order valence-electron chi connectivity index (χ0n) is 14.4. The first kappa shape index (κ1) is 15.8. The highest BCUT2D eigenvalue weighted by Crippen LogP contribution is 2.65. The third kappa shape index (κ3) is 2.60. The van der Waals surface area contributed by atoms with Crippen molar-refractivity contribution in [2.75, 3.05) is 16.8 Å². The Morgan fingerprint density at radius 1 is 1.24 bits per heavy atom. The summed E-state index contributed by atoms with van der Waals surface area (Å²) in [5.74, 6) is 0.117. The highest BCUT2D eigenvalue weighted by Gasteiger charge is 2.63. The number of nitrogens with zero attached hydrogens (tertiary/aromatic N) is 2. The SMILES string of the molecule is CC1(C)[C@H](C(=O)N2CCC(=O)Nc3ccncc32)[C@H]1c1ccccc1. The molecule has 2 aromatic rings. The molecule has 2 atom stereocenters. The molecule has 1 aliphatic heterocycles. The Morgan fingerprint density at radius 2 is 2.00 bits per heavy atom. The van der Waals surface area contributed by atoms with Gasteiger partial charge in [0.1, 0.15) is 0 Å². The van der Waals surface area contributed by atoms with Crippen LogP contribution in [0.5, 0.6) is 0 Å². The molecule has 1 saturated carbocycles. The van der Waals surface area contributed by atoms with E-state index in [9.17, 15) is 9.59 Å². The zero-order chi connectivity index (χ0) is 17.6. The number of amides is 2. The zero-order valence-corrected chi connectivity index (χ0v) is 14.4. The van der Waals surface area contributed by atoms with Crippen LogP contribution < -0.4 is 10.2 Å². The van der Waals surface area contributed by atoms with Gasteiger partial charge in [0, 0.05) is 25.1 Å². The van der Waals surface area contributed by atoms with Gasteiger partial charge in [-0.2, -0.15) is 0 Å². The molecular weight excluding hydrogens is 314 g/mol. The minimum atomic E-state index is -0.0927. The number of fused-ring (bicyclic) bond motifs is 1. The van der Waals surface area contributed by atoms with Crippen molar-refractivity contribution in [3.8, 4) is 0 Å². The summed E-state index contributed by atoms with van der Waals surface area (Å²) in [6, 6.07) is 11.9. The van der Waals surface area contributed by atoms with Gasteiger partial charge in [-0.15, -0.1) is 0 Å². The summed E-state index contributed by atoms with van der Waals surface area (Å²) in [6.45, 7) is 4.66. The van der Waals surface area contributed by atoms with Gasteiger partial charge in [0.15, 0.2) is 0 Å². The predicted molar refractivity (Wildman–Crippen MR) is 96.3 cm³/mol. The molecule has 128 valence electrons. The summed E-state index contributed by atoms with van der Waals surface area (Å²) < 4.78 is 0. The highest BCUT2D eigenvalue weighted by atomic mass is 16.2. The molecule has 5 heteroatoms. The second-order valence-electron chi connectivity index (χ2n) is 7.37. The third-order valence-corrected chi connectivity index (χ3v) is 5.45. The van der Waals surface area contributed by atoms with Gasteiger partial charge in [0.25, 0.3) is 0 Å². The van der Waals surface area contributed by atoms with Crippen LogP contribution in [0.15, 0.2) is 48.8 Å².